The third-order valence-corrected chi connectivity index (χ3v) is 3.74. The minimum absolute atomic E-state index is 0.00540. The van der Waals surface area contributed by atoms with Gasteiger partial charge in [-0.15, -0.1) is 0 Å². The number of hydrogen-bond acceptors (Lipinski definition) is 3. The molecule has 1 atom stereocenters. The molecule has 2 rings (SSSR count). The Labute approximate surface area is 120 Å². The standard InChI is InChI=1S/C14H17F3N2O2/c15-14(16,17)13(6-7-18-9-13)12(21)19-11-3-1-10(2-4-11)5-8-20/h1-4,18,20H,5-9H2,(H,19,21). The molecule has 0 radical (unpaired) electrons. The number of hydrogen-bond donors (Lipinski definition) is 3. The van der Waals surface area contributed by atoms with Crippen molar-refractivity contribution in [2.45, 2.75) is 19.0 Å². The van der Waals surface area contributed by atoms with Gasteiger partial charge in [0.05, 0.1) is 0 Å². The molecule has 21 heavy (non-hydrogen) atoms. The number of nitrogens with one attached hydrogen (secondary N) is 2. The SMILES string of the molecule is O=C(Nc1ccc(CCO)cc1)C1(C(F)(F)F)CCNC1. The Morgan fingerprint density at radius 3 is 2.48 bits per heavy atom. The molecule has 0 aliphatic carbocycles. The average molecular weight is 302 g/mol. The van der Waals surface area contributed by atoms with E-state index in [1.807, 2.05) is 0 Å². The van der Waals surface area contributed by atoms with Gasteiger partial charge in [0.2, 0.25) is 5.91 Å². The van der Waals surface area contributed by atoms with Crippen molar-refractivity contribution >= 4 is 11.6 Å². The van der Waals surface area contributed by atoms with Crippen LogP contribution < -0.4 is 10.6 Å². The molecule has 0 spiro atoms. The fourth-order valence-corrected chi connectivity index (χ4v) is 2.39. The van der Waals surface area contributed by atoms with Crippen molar-refractivity contribution in [2.24, 2.45) is 5.41 Å². The van der Waals surface area contributed by atoms with Crippen LogP contribution in [0.4, 0.5) is 18.9 Å². The molecule has 0 bridgehead atoms. The molecular weight excluding hydrogens is 285 g/mol. The summed E-state index contributed by atoms with van der Waals surface area (Å²) < 4.78 is 39.6. The zero-order valence-electron chi connectivity index (χ0n) is 11.3. The second-order valence-electron chi connectivity index (χ2n) is 5.13. The lowest BCUT2D eigenvalue weighted by atomic mass is 9.85. The van der Waals surface area contributed by atoms with Crippen LogP contribution in [0.25, 0.3) is 0 Å². The Bertz CT molecular complexity index is 494. The van der Waals surface area contributed by atoms with Crippen LogP contribution in [0.3, 0.4) is 0 Å². The number of halogens is 3. The van der Waals surface area contributed by atoms with Crippen LogP contribution in [0.1, 0.15) is 12.0 Å². The van der Waals surface area contributed by atoms with Gasteiger partial charge in [-0.3, -0.25) is 4.79 Å². The Morgan fingerprint density at radius 2 is 2.00 bits per heavy atom. The Morgan fingerprint density at radius 1 is 1.33 bits per heavy atom. The van der Waals surface area contributed by atoms with Gasteiger partial charge in [0, 0.05) is 18.8 Å². The first-order chi connectivity index (χ1) is 9.89. The molecule has 4 nitrogen and oxygen atoms in total. The molecule has 0 saturated carbocycles. The molecule has 7 heteroatoms. The third-order valence-electron chi connectivity index (χ3n) is 3.74. The fourth-order valence-electron chi connectivity index (χ4n) is 2.39. The zero-order chi connectivity index (χ0) is 15.5. The topological polar surface area (TPSA) is 61.4 Å². The highest BCUT2D eigenvalue weighted by atomic mass is 19.4. The van der Waals surface area contributed by atoms with Gasteiger partial charge in [-0.2, -0.15) is 13.2 Å². The first-order valence-electron chi connectivity index (χ1n) is 6.68. The van der Waals surface area contributed by atoms with E-state index in [1.54, 1.807) is 12.1 Å². The summed E-state index contributed by atoms with van der Waals surface area (Å²) in [4.78, 5) is 12.1. The lowest BCUT2D eigenvalue weighted by molar-refractivity contribution is -0.213. The summed E-state index contributed by atoms with van der Waals surface area (Å²) in [7, 11) is 0. The van der Waals surface area contributed by atoms with Gasteiger partial charge >= 0.3 is 6.18 Å². The summed E-state index contributed by atoms with van der Waals surface area (Å²) in [5.74, 6) is -1.03. The highest BCUT2D eigenvalue weighted by molar-refractivity contribution is 5.96. The summed E-state index contributed by atoms with van der Waals surface area (Å²) in [5.41, 5.74) is -1.20. The van der Waals surface area contributed by atoms with Crippen LogP contribution in [-0.4, -0.2) is 36.9 Å². The number of amides is 1. The number of benzene rings is 1. The van der Waals surface area contributed by atoms with Crippen LogP contribution in [0.15, 0.2) is 24.3 Å². The van der Waals surface area contributed by atoms with Crippen molar-refractivity contribution in [3.8, 4) is 0 Å². The largest absolute Gasteiger partial charge is 0.404 e. The van der Waals surface area contributed by atoms with Gasteiger partial charge in [0.1, 0.15) is 0 Å². The second-order valence-corrected chi connectivity index (χ2v) is 5.13. The first-order valence-corrected chi connectivity index (χ1v) is 6.68. The van der Waals surface area contributed by atoms with E-state index in [1.165, 1.54) is 12.1 Å². The maximum absolute atomic E-state index is 13.2. The van der Waals surface area contributed by atoms with Gasteiger partial charge in [0.25, 0.3) is 0 Å². The monoisotopic (exact) mass is 302 g/mol. The highest BCUT2D eigenvalue weighted by Gasteiger charge is 2.61. The Balaban J connectivity index is 2.12. The average Bonchev–Trinajstić information content (AvgIpc) is 2.91. The minimum Gasteiger partial charge on any atom is -0.396 e. The lowest BCUT2D eigenvalue weighted by Gasteiger charge is -2.29. The van der Waals surface area contributed by atoms with E-state index in [2.05, 4.69) is 10.6 Å². The van der Waals surface area contributed by atoms with Gasteiger partial charge in [-0.05, 0) is 37.1 Å². The van der Waals surface area contributed by atoms with Crippen LogP contribution >= 0.6 is 0 Å². The molecular formula is C14H17F3N2O2. The summed E-state index contributed by atoms with van der Waals surface area (Å²) >= 11 is 0. The molecule has 1 aromatic rings. The Kier molecular flexibility index (Phi) is 4.53. The first kappa shape index (κ1) is 15.8. The smallest absolute Gasteiger partial charge is 0.396 e. The van der Waals surface area contributed by atoms with Crippen molar-refractivity contribution in [3.63, 3.8) is 0 Å². The number of aliphatic hydroxyl groups is 1. The molecule has 1 fully saturated rings. The lowest BCUT2D eigenvalue weighted by Crippen LogP contribution is -2.49. The number of aliphatic hydroxyl groups excluding tert-OH is 1. The van der Waals surface area contributed by atoms with Gasteiger partial charge in [0.15, 0.2) is 5.41 Å². The minimum atomic E-state index is -4.59. The number of rotatable bonds is 4. The molecule has 1 heterocycles. The van der Waals surface area contributed by atoms with Crippen LogP contribution in [0.2, 0.25) is 0 Å². The molecule has 3 N–H and O–H groups in total. The van der Waals surface area contributed by atoms with Crippen molar-refractivity contribution in [3.05, 3.63) is 29.8 Å². The molecule has 116 valence electrons. The summed E-state index contributed by atoms with van der Waals surface area (Å²) in [6, 6.07) is 6.41. The second kappa shape index (κ2) is 6.03. The van der Waals surface area contributed by atoms with Crippen molar-refractivity contribution in [2.75, 3.05) is 25.0 Å². The predicted molar refractivity (Wildman–Crippen MR) is 71.8 cm³/mol. The highest BCUT2D eigenvalue weighted by Crippen LogP contribution is 2.43. The van der Waals surface area contributed by atoms with Crippen LogP contribution in [0.5, 0.6) is 0 Å². The molecule has 1 aliphatic rings. The van der Waals surface area contributed by atoms with E-state index in [4.69, 9.17) is 5.11 Å². The number of alkyl halides is 3. The molecule has 1 saturated heterocycles. The fraction of sp³-hybridized carbons (Fsp3) is 0.500. The van der Waals surface area contributed by atoms with E-state index in [9.17, 15) is 18.0 Å². The predicted octanol–water partition coefficient (Wildman–Crippen LogP) is 1.70. The van der Waals surface area contributed by atoms with E-state index < -0.39 is 24.0 Å². The number of carbonyl (C=O) groups is 1. The molecule has 1 aliphatic heterocycles. The molecule has 1 unspecified atom stereocenters. The van der Waals surface area contributed by atoms with Crippen LogP contribution in [0, 0.1) is 5.41 Å². The van der Waals surface area contributed by atoms with Crippen molar-refractivity contribution in [1.29, 1.82) is 0 Å². The van der Waals surface area contributed by atoms with Crippen molar-refractivity contribution < 1.29 is 23.1 Å². The summed E-state index contributed by atoms with van der Waals surface area (Å²) in [6.07, 6.45) is -4.38. The van der Waals surface area contributed by atoms with Gasteiger partial charge < -0.3 is 15.7 Å². The van der Waals surface area contributed by atoms with Crippen LogP contribution in [-0.2, 0) is 11.2 Å². The maximum Gasteiger partial charge on any atom is 0.404 e. The summed E-state index contributed by atoms with van der Waals surface area (Å²) in [5, 5.41) is 13.7. The zero-order valence-corrected chi connectivity index (χ0v) is 11.3. The van der Waals surface area contributed by atoms with E-state index >= 15 is 0 Å². The number of anilines is 1. The van der Waals surface area contributed by atoms with Gasteiger partial charge in [-0.25, -0.2) is 0 Å². The van der Waals surface area contributed by atoms with E-state index in [0.717, 1.165) is 5.56 Å². The van der Waals surface area contributed by atoms with Gasteiger partial charge in [-0.1, -0.05) is 12.1 Å². The Hall–Kier alpha value is -1.60. The molecule has 1 aromatic carbocycles. The van der Waals surface area contributed by atoms with E-state index in [0.29, 0.717) is 12.1 Å². The normalized spacial score (nSPS) is 22.3. The summed E-state index contributed by atoms with van der Waals surface area (Å²) in [6.45, 7) is -0.234. The quantitative estimate of drug-likeness (QED) is 0.793. The number of carbonyl (C=O) groups excluding carboxylic acids is 1. The molecule has 1 amide bonds. The van der Waals surface area contributed by atoms with E-state index in [-0.39, 0.29) is 19.6 Å². The third kappa shape index (κ3) is 3.19. The molecule has 0 aromatic heterocycles. The van der Waals surface area contributed by atoms with Crippen molar-refractivity contribution in [1.82, 2.24) is 5.32 Å². The maximum atomic E-state index is 13.2.